The minimum atomic E-state index is 0. The van der Waals surface area contributed by atoms with Crippen molar-refractivity contribution < 1.29 is 0 Å². The molecule has 0 spiro atoms. The summed E-state index contributed by atoms with van der Waals surface area (Å²) in [7, 11) is 0. The van der Waals surface area contributed by atoms with Gasteiger partial charge in [0.25, 0.3) is 0 Å². The maximum absolute atomic E-state index is 2.92. The van der Waals surface area contributed by atoms with Crippen molar-refractivity contribution in [2.24, 2.45) is 10.8 Å². The molecule has 0 aliphatic carbocycles. The minimum Gasteiger partial charge on any atom is -0.298 e. The number of hydrogen-bond donors (Lipinski definition) is 0. The van der Waals surface area contributed by atoms with E-state index < -0.39 is 0 Å². The first-order chi connectivity index (χ1) is 18.5. The van der Waals surface area contributed by atoms with Crippen LogP contribution in [0.1, 0.15) is 216 Å². The van der Waals surface area contributed by atoms with E-state index in [0.717, 1.165) is 12.1 Å². The Kier molecular flexibility index (Phi) is 29.0. The Morgan fingerprint density at radius 1 is 0.425 bits per heavy atom. The average Bonchev–Trinajstić information content (AvgIpc) is 2.84. The van der Waals surface area contributed by atoms with Crippen molar-refractivity contribution in [1.29, 1.82) is 0 Å². The van der Waals surface area contributed by atoms with Gasteiger partial charge in [-0.1, -0.05) is 170 Å². The number of unbranched alkanes of at least 4 members (excludes halogenated alkanes) is 17. The van der Waals surface area contributed by atoms with Crippen LogP contribution in [0.5, 0.6) is 0 Å². The standard InChI is InChI=1S/C38H79N.Li/c1-10-11-12-13-14-19-24-29-34-39(35(2)30-25-20-15-17-22-27-32-37(4,5)6)36(3)31-26-21-16-18-23-28-33-38(7,8)9;/h35-36H,10-34H2,1-9H3;. The van der Waals surface area contributed by atoms with E-state index in [1.54, 1.807) is 0 Å². The van der Waals surface area contributed by atoms with Crippen molar-refractivity contribution in [1.82, 2.24) is 4.90 Å². The molecule has 0 aromatic carbocycles. The molecule has 0 saturated carbocycles. The molecule has 0 bridgehead atoms. The molecule has 0 rings (SSSR count). The first kappa shape index (κ1) is 42.7. The van der Waals surface area contributed by atoms with Crippen LogP contribution in [0.25, 0.3) is 0 Å². The van der Waals surface area contributed by atoms with Crippen molar-refractivity contribution in [2.75, 3.05) is 6.54 Å². The van der Waals surface area contributed by atoms with Crippen LogP contribution < -0.4 is 0 Å². The topological polar surface area (TPSA) is 3.24 Å². The van der Waals surface area contributed by atoms with Gasteiger partial charge < -0.3 is 0 Å². The molecule has 0 saturated heterocycles. The van der Waals surface area contributed by atoms with Gasteiger partial charge in [0.15, 0.2) is 0 Å². The molecule has 1 radical (unpaired) electrons. The van der Waals surface area contributed by atoms with Gasteiger partial charge in [-0.3, -0.25) is 4.90 Å². The first-order valence-corrected chi connectivity index (χ1v) is 18.2. The van der Waals surface area contributed by atoms with Crippen LogP contribution in [0.3, 0.4) is 0 Å². The van der Waals surface area contributed by atoms with Crippen LogP contribution >= 0.6 is 0 Å². The van der Waals surface area contributed by atoms with Gasteiger partial charge in [-0.25, -0.2) is 0 Å². The summed E-state index contributed by atoms with van der Waals surface area (Å²) in [5.74, 6) is 0. The third-order valence-electron chi connectivity index (χ3n) is 9.00. The van der Waals surface area contributed by atoms with Crippen LogP contribution in [0, 0.1) is 10.8 Å². The summed E-state index contributed by atoms with van der Waals surface area (Å²) in [5.41, 5.74) is 1.02. The largest absolute Gasteiger partial charge is 0.298 e. The summed E-state index contributed by atoms with van der Waals surface area (Å²) in [4.78, 5) is 2.92. The molecule has 2 atom stereocenters. The van der Waals surface area contributed by atoms with Gasteiger partial charge in [-0.2, -0.15) is 0 Å². The summed E-state index contributed by atoms with van der Waals surface area (Å²) >= 11 is 0. The first-order valence-electron chi connectivity index (χ1n) is 18.2. The smallest absolute Gasteiger partial charge is 0.00697 e. The predicted octanol–water partition coefficient (Wildman–Crippen LogP) is 13.2. The molecule has 2 heteroatoms. The van der Waals surface area contributed by atoms with Gasteiger partial charge >= 0.3 is 0 Å². The number of nitrogens with zero attached hydrogens (tertiary/aromatic N) is 1. The van der Waals surface area contributed by atoms with Crippen molar-refractivity contribution in [3.05, 3.63) is 0 Å². The van der Waals surface area contributed by atoms with E-state index in [1.165, 1.54) is 161 Å². The van der Waals surface area contributed by atoms with Crippen LogP contribution in [-0.4, -0.2) is 42.4 Å². The summed E-state index contributed by atoms with van der Waals surface area (Å²) in [6.07, 6.45) is 34.2. The zero-order valence-electron chi connectivity index (χ0n) is 30.3. The molecule has 0 amide bonds. The van der Waals surface area contributed by atoms with E-state index in [0.29, 0.717) is 10.8 Å². The normalized spacial score (nSPS) is 13.9. The second-order valence-corrected chi connectivity index (χ2v) is 15.9. The van der Waals surface area contributed by atoms with E-state index in [1.807, 2.05) is 0 Å². The molecule has 1 nitrogen and oxygen atoms in total. The quantitative estimate of drug-likeness (QED) is 0.0718. The molecule has 0 heterocycles. The third kappa shape index (κ3) is 30.0. The molecule has 237 valence electrons. The second kappa shape index (κ2) is 27.1. The third-order valence-corrected chi connectivity index (χ3v) is 9.00. The summed E-state index contributed by atoms with van der Waals surface area (Å²) in [6.45, 7) is 23.0. The Labute approximate surface area is 268 Å². The van der Waals surface area contributed by atoms with Crippen LogP contribution in [0.15, 0.2) is 0 Å². The Balaban J connectivity index is 0. The summed E-state index contributed by atoms with van der Waals surface area (Å²) in [6, 6.07) is 1.51. The number of rotatable bonds is 27. The van der Waals surface area contributed by atoms with Gasteiger partial charge in [0.2, 0.25) is 0 Å². The van der Waals surface area contributed by atoms with E-state index >= 15 is 0 Å². The molecule has 0 aromatic rings. The molecule has 40 heavy (non-hydrogen) atoms. The van der Waals surface area contributed by atoms with Gasteiger partial charge in [0.1, 0.15) is 0 Å². The Morgan fingerprint density at radius 3 is 1.07 bits per heavy atom. The van der Waals surface area contributed by atoms with E-state index in [-0.39, 0.29) is 18.9 Å². The van der Waals surface area contributed by atoms with Crippen molar-refractivity contribution in [2.45, 2.75) is 228 Å². The molecular weight excluding hydrogens is 477 g/mol. The fourth-order valence-corrected chi connectivity index (χ4v) is 6.24. The van der Waals surface area contributed by atoms with Crippen LogP contribution in [0.2, 0.25) is 0 Å². The van der Waals surface area contributed by atoms with E-state index in [2.05, 4.69) is 67.2 Å². The van der Waals surface area contributed by atoms with Gasteiger partial charge in [0.05, 0.1) is 0 Å². The fraction of sp³-hybridized carbons (Fsp3) is 1.00. The molecule has 2 unspecified atom stereocenters. The zero-order valence-corrected chi connectivity index (χ0v) is 30.3. The molecular formula is C38H79LiN. The Hall–Kier alpha value is 0.557. The minimum absolute atomic E-state index is 0. The van der Waals surface area contributed by atoms with Gasteiger partial charge in [0, 0.05) is 30.9 Å². The predicted molar refractivity (Wildman–Crippen MR) is 187 cm³/mol. The maximum Gasteiger partial charge on any atom is 0.00697 e. The molecule has 0 fully saturated rings. The van der Waals surface area contributed by atoms with Crippen molar-refractivity contribution in [3.63, 3.8) is 0 Å². The second-order valence-electron chi connectivity index (χ2n) is 15.9. The number of hydrogen-bond acceptors (Lipinski definition) is 1. The molecule has 0 aliphatic heterocycles. The molecule has 0 aliphatic rings. The monoisotopic (exact) mass is 557 g/mol. The zero-order chi connectivity index (χ0) is 29.4. The Bertz CT molecular complexity index is 467. The molecule has 0 aromatic heterocycles. The van der Waals surface area contributed by atoms with Crippen molar-refractivity contribution >= 4 is 18.9 Å². The SMILES string of the molecule is CCCCCCCCCCN(C(C)CCCCCCCCC(C)(C)C)C(C)CCCCCCCCC(C)(C)C.[Li]. The fourth-order valence-electron chi connectivity index (χ4n) is 6.24. The summed E-state index contributed by atoms with van der Waals surface area (Å²) < 4.78 is 0. The Morgan fingerprint density at radius 2 is 0.725 bits per heavy atom. The maximum atomic E-state index is 2.92. The molecule has 0 N–H and O–H groups in total. The van der Waals surface area contributed by atoms with Crippen LogP contribution in [-0.2, 0) is 0 Å². The van der Waals surface area contributed by atoms with Crippen LogP contribution in [0.4, 0.5) is 0 Å². The average molecular weight is 557 g/mol. The summed E-state index contributed by atoms with van der Waals surface area (Å²) in [5, 5.41) is 0. The van der Waals surface area contributed by atoms with E-state index in [4.69, 9.17) is 0 Å². The van der Waals surface area contributed by atoms with Gasteiger partial charge in [-0.15, -0.1) is 0 Å². The van der Waals surface area contributed by atoms with E-state index in [9.17, 15) is 0 Å². The van der Waals surface area contributed by atoms with Crippen molar-refractivity contribution in [3.8, 4) is 0 Å². The van der Waals surface area contributed by atoms with Gasteiger partial charge in [-0.05, 0) is 63.3 Å².